The molecule has 1 N–H and O–H groups in total. The maximum atomic E-state index is 12.1. The third kappa shape index (κ3) is 3.27. The van der Waals surface area contributed by atoms with E-state index in [2.05, 4.69) is 0 Å². The lowest BCUT2D eigenvalue weighted by Gasteiger charge is -2.08. The largest absolute Gasteiger partial charge is 0.478 e. The Morgan fingerprint density at radius 1 is 1.26 bits per heavy atom. The Bertz CT molecular complexity index is 601. The molecule has 1 heterocycles. The van der Waals surface area contributed by atoms with Gasteiger partial charge in [-0.2, -0.15) is 13.2 Å². The predicted molar refractivity (Wildman–Crippen MR) is 64.2 cm³/mol. The Hall–Kier alpha value is -1.98. The zero-order valence-electron chi connectivity index (χ0n) is 9.94. The number of alkyl halides is 3. The third-order valence-electron chi connectivity index (χ3n) is 2.88. The van der Waals surface area contributed by atoms with E-state index in [4.69, 9.17) is 5.11 Å². The van der Waals surface area contributed by atoms with Crippen molar-refractivity contribution in [2.45, 2.75) is 25.6 Å². The quantitative estimate of drug-likeness (QED) is 0.921. The number of halogens is 3. The Morgan fingerprint density at radius 3 is 2.63 bits per heavy atom. The van der Waals surface area contributed by atoms with Crippen molar-refractivity contribution in [2.75, 3.05) is 0 Å². The molecule has 2 rings (SSSR count). The molecule has 0 aliphatic heterocycles. The molecule has 0 radical (unpaired) electrons. The number of carbonyl (C=O) groups is 1. The highest BCUT2D eigenvalue weighted by molar-refractivity contribution is 5.93. The molecule has 6 heteroatoms. The zero-order valence-corrected chi connectivity index (χ0v) is 9.94. The van der Waals surface area contributed by atoms with Crippen molar-refractivity contribution in [3.05, 3.63) is 36.0 Å². The van der Waals surface area contributed by atoms with E-state index in [1.165, 1.54) is 12.1 Å². The molecule has 0 atom stereocenters. The first kappa shape index (κ1) is 13.5. The molecule has 0 saturated heterocycles. The molecule has 0 bridgehead atoms. The maximum absolute atomic E-state index is 12.1. The summed E-state index contributed by atoms with van der Waals surface area (Å²) in [4.78, 5) is 10.9. The molecule has 0 aliphatic rings. The molecule has 0 spiro atoms. The fourth-order valence-corrected chi connectivity index (χ4v) is 1.96. The van der Waals surface area contributed by atoms with Crippen LogP contribution in [0.25, 0.3) is 10.9 Å². The number of hydrogen-bond donors (Lipinski definition) is 1. The number of rotatable bonds is 4. The Morgan fingerprint density at radius 2 is 2.00 bits per heavy atom. The van der Waals surface area contributed by atoms with E-state index < -0.39 is 18.6 Å². The number of carboxylic acid groups (broad SMARTS) is 1. The van der Waals surface area contributed by atoms with Gasteiger partial charge >= 0.3 is 12.1 Å². The van der Waals surface area contributed by atoms with Crippen LogP contribution < -0.4 is 0 Å². The highest BCUT2D eigenvalue weighted by Gasteiger charge is 2.26. The van der Waals surface area contributed by atoms with Crippen LogP contribution in [0.4, 0.5) is 13.2 Å². The summed E-state index contributed by atoms with van der Waals surface area (Å²) in [6.45, 7) is 0.214. The predicted octanol–water partition coefficient (Wildman–Crippen LogP) is 3.68. The van der Waals surface area contributed by atoms with Gasteiger partial charge in [-0.25, -0.2) is 4.79 Å². The first-order valence-corrected chi connectivity index (χ1v) is 5.76. The highest BCUT2D eigenvalue weighted by atomic mass is 19.4. The van der Waals surface area contributed by atoms with Gasteiger partial charge in [0.2, 0.25) is 0 Å². The Balaban J connectivity index is 2.19. The van der Waals surface area contributed by atoms with Crippen LogP contribution in [0.5, 0.6) is 0 Å². The summed E-state index contributed by atoms with van der Waals surface area (Å²) >= 11 is 0. The minimum absolute atomic E-state index is 0.0232. The minimum atomic E-state index is -4.16. The molecular formula is C13H12F3NO2. The van der Waals surface area contributed by atoms with Gasteiger partial charge in [0.25, 0.3) is 0 Å². The summed E-state index contributed by atoms with van der Waals surface area (Å²) in [5.41, 5.74) is 0.769. The number of aromatic nitrogens is 1. The number of benzene rings is 1. The van der Waals surface area contributed by atoms with E-state index in [0.717, 1.165) is 5.39 Å². The molecule has 102 valence electrons. The number of nitrogens with zero attached hydrogens (tertiary/aromatic N) is 1. The van der Waals surface area contributed by atoms with Gasteiger partial charge in [0, 0.05) is 24.7 Å². The van der Waals surface area contributed by atoms with Crippen LogP contribution >= 0.6 is 0 Å². The van der Waals surface area contributed by atoms with Gasteiger partial charge in [-0.15, -0.1) is 0 Å². The lowest BCUT2D eigenvalue weighted by atomic mass is 10.1. The number of carboxylic acids is 1. The summed E-state index contributed by atoms with van der Waals surface area (Å²) in [7, 11) is 0. The van der Waals surface area contributed by atoms with E-state index in [1.807, 2.05) is 0 Å². The molecule has 0 unspecified atom stereocenters. The van der Waals surface area contributed by atoms with Gasteiger partial charge in [-0.3, -0.25) is 0 Å². The lowest BCUT2D eigenvalue weighted by molar-refractivity contribution is -0.135. The van der Waals surface area contributed by atoms with E-state index in [1.54, 1.807) is 22.9 Å². The average molecular weight is 271 g/mol. The van der Waals surface area contributed by atoms with E-state index >= 15 is 0 Å². The topological polar surface area (TPSA) is 42.2 Å². The normalized spacial score (nSPS) is 11.9. The molecule has 1 aromatic carbocycles. The molecule has 3 nitrogen and oxygen atoms in total. The smallest absolute Gasteiger partial charge is 0.389 e. The van der Waals surface area contributed by atoms with Gasteiger partial charge in [0.15, 0.2) is 0 Å². The average Bonchev–Trinajstić information content (AvgIpc) is 2.70. The summed E-state index contributed by atoms with van der Waals surface area (Å²) in [5, 5.41) is 9.71. The third-order valence-corrected chi connectivity index (χ3v) is 2.88. The summed E-state index contributed by atoms with van der Waals surface area (Å²) in [6.07, 6.45) is -3.35. The van der Waals surface area contributed by atoms with Crippen LogP contribution in [0.3, 0.4) is 0 Å². The van der Waals surface area contributed by atoms with Gasteiger partial charge in [-0.05, 0) is 30.0 Å². The lowest BCUT2D eigenvalue weighted by Crippen LogP contribution is -2.09. The molecule has 0 fully saturated rings. The second-order valence-corrected chi connectivity index (χ2v) is 4.31. The second kappa shape index (κ2) is 4.95. The molecule has 2 aromatic rings. The van der Waals surface area contributed by atoms with Crippen molar-refractivity contribution in [1.82, 2.24) is 4.57 Å². The molecule has 0 amide bonds. The Labute approximate surface area is 107 Å². The molecule has 1 aromatic heterocycles. The monoisotopic (exact) mass is 271 g/mol. The van der Waals surface area contributed by atoms with Crippen LogP contribution in [0.2, 0.25) is 0 Å². The summed E-state index contributed by atoms with van der Waals surface area (Å²) in [6, 6.07) is 6.36. The van der Waals surface area contributed by atoms with Crippen LogP contribution in [0.15, 0.2) is 30.5 Å². The van der Waals surface area contributed by atoms with Gasteiger partial charge in [0.1, 0.15) is 0 Å². The van der Waals surface area contributed by atoms with Gasteiger partial charge in [-0.1, -0.05) is 6.07 Å². The fourth-order valence-electron chi connectivity index (χ4n) is 1.96. The first-order valence-electron chi connectivity index (χ1n) is 5.76. The van der Waals surface area contributed by atoms with Gasteiger partial charge in [0.05, 0.1) is 5.56 Å². The number of aromatic carboxylic acids is 1. The standard InChI is InChI=1S/C13H12F3NO2/c14-13(15,16)5-1-6-17-7-4-9-2-3-10(12(18)19)8-11(9)17/h2-4,7-8H,1,5-6H2,(H,18,19). The van der Waals surface area contributed by atoms with E-state index in [0.29, 0.717) is 5.52 Å². The van der Waals surface area contributed by atoms with Crippen molar-refractivity contribution in [3.8, 4) is 0 Å². The van der Waals surface area contributed by atoms with Crippen LogP contribution in [0, 0.1) is 0 Å². The van der Waals surface area contributed by atoms with E-state index in [-0.39, 0.29) is 18.5 Å². The summed E-state index contributed by atoms with van der Waals surface area (Å²) < 4.78 is 37.9. The second-order valence-electron chi connectivity index (χ2n) is 4.31. The highest BCUT2D eigenvalue weighted by Crippen LogP contribution is 2.23. The zero-order chi connectivity index (χ0) is 14.0. The van der Waals surface area contributed by atoms with Crippen molar-refractivity contribution >= 4 is 16.9 Å². The number of fused-ring (bicyclic) bond motifs is 1. The molecule has 19 heavy (non-hydrogen) atoms. The van der Waals surface area contributed by atoms with Crippen molar-refractivity contribution < 1.29 is 23.1 Å². The fraction of sp³-hybridized carbons (Fsp3) is 0.308. The van der Waals surface area contributed by atoms with Crippen molar-refractivity contribution in [1.29, 1.82) is 0 Å². The van der Waals surface area contributed by atoms with Gasteiger partial charge < -0.3 is 9.67 Å². The first-order chi connectivity index (χ1) is 8.87. The maximum Gasteiger partial charge on any atom is 0.389 e. The Kier molecular flexibility index (Phi) is 3.50. The SMILES string of the molecule is O=C(O)c1ccc2ccn(CCCC(F)(F)F)c2c1. The number of aryl methyl sites for hydroxylation is 1. The van der Waals surface area contributed by atoms with Crippen molar-refractivity contribution in [2.24, 2.45) is 0 Å². The summed E-state index contributed by atoms with van der Waals surface area (Å²) in [5.74, 6) is -1.05. The number of hydrogen-bond acceptors (Lipinski definition) is 1. The van der Waals surface area contributed by atoms with Crippen LogP contribution in [0.1, 0.15) is 23.2 Å². The van der Waals surface area contributed by atoms with E-state index in [9.17, 15) is 18.0 Å². The van der Waals surface area contributed by atoms with Crippen LogP contribution in [-0.4, -0.2) is 21.8 Å². The molecule has 0 saturated carbocycles. The van der Waals surface area contributed by atoms with Crippen LogP contribution in [-0.2, 0) is 6.54 Å². The van der Waals surface area contributed by atoms with Crippen molar-refractivity contribution in [3.63, 3.8) is 0 Å². The molecular weight excluding hydrogens is 259 g/mol. The molecule has 0 aliphatic carbocycles. The minimum Gasteiger partial charge on any atom is -0.478 e.